The molecule has 0 fully saturated rings. The average Bonchev–Trinajstić information content (AvgIpc) is 2.94. The van der Waals surface area contributed by atoms with Crippen LogP contribution in [0.15, 0.2) is 17.5 Å². The first-order valence-electron chi connectivity index (χ1n) is 6.67. The summed E-state index contributed by atoms with van der Waals surface area (Å²) in [6, 6.07) is 3.88. The fraction of sp³-hybridized carbons (Fsp3) is 0.571. The van der Waals surface area contributed by atoms with Gasteiger partial charge in [-0.2, -0.15) is 0 Å². The van der Waals surface area contributed by atoms with E-state index in [1.807, 2.05) is 31.4 Å². The van der Waals surface area contributed by atoms with Crippen molar-refractivity contribution in [2.24, 2.45) is 5.92 Å². The van der Waals surface area contributed by atoms with Crippen molar-refractivity contribution in [1.82, 2.24) is 10.2 Å². The molecule has 0 radical (unpaired) electrons. The fourth-order valence-electron chi connectivity index (χ4n) is 1.75. The molecule has 0 aromatic carbocycles. The molecule has 1 rings (SSSR count). The number of aliphatic carboxylic acids is 1. The summed E-state index contributed by atoms with van der Waals surface area (Å²) in [5.74, 6) is -0.646. The minimum atomic E-state index is -0.799. The van der Waals surface area contributed by atoms with Gasteiger partial charge < -0.3 is 15.3 Å². The van der Waals surface area contributed by atoms with Crippen molar-refractivity contribution >= 4 is 23.3 Å². The van der Waals surface area contributed by atoms with Crippen LogP contribution in [0.5, 0.6) is 0 Å². The van der Waals surface area contributed by atoms with E-state index in [9.17, 15) is 9.59 Å². The largest absolute Gasteiger partial charge is 0.481 e. The van der Waals surface area contributed by atoms with Gasteiger partial charge in [0, 0.05) is 24.9 Å². The van der Waals surface area contributed by atoms with Gasteiger partial charge in [0.2, 0.25) is 0 Å². The molecule has 5 nitrogen and oxygen atoms in total. The predicted molar refractivity (Wildman–Crippen MR) is 79.9 cm³/mol. The van der Waals surface area contributed by atoms with Crippen LogP contribution >= 0.6 is 11.3 Å². The number of urea groups is 1. The van der Waals surface area contributed by atoms with Gasteiger partial charge in [0.25, 0.3) is 0 Å². The Morgan fingerprint density at radius 1 is 1.45 bits per heavy atom. The number of thiophene rings is 1. The van der Waals surface area contributed by atoms with E-state index in [0.29, 0.717) is 13.0 Å². The van der Waals surface area contributed by atoms with E-state index in [4.69, 9.17) is 5.11 Å². The second-order valence-corrected chi connectivity index (χ2v) is 6.01. The molecule has 2 unspecified atom stereocenters. The van der Waals surface area contributed by atoms with Crippen molar-refractivity contribution in [2.75, 3.05) is 13.6 Å². The van der Waals surface area contributed by atoms with Gasteiger partial charge in [0.15, 0.2) is 0 Å². The zero-order chi connectivity index (χ0) is 15.1. The monoisotopic (exact) mass is 298 g/mol. The van der Waals surface area contributed by atoms with Gasteiger partial charge in [-0.25, -0.2) is 4.79 Å². The molecule has 0 aliphatic carbocycles. The van der Waals surface area contributed by atoms with E-state index in [-0.39, 0.29) is 24.4 Å². The summed E-state index contributed by atoms with van der Waals surface area (Å²) in [6.45, 7) is 4.42. The summed E-state index contributed by atoms with van der Waals surface area (Å²) in [5.41, 5.74) is 0. The lowest BCUT2D eigenvalue weighted by molar-refractivity contribution is -0.137. The highest BCUT2D eigenvalue weighted by atomic mass is 32.1. The Labute approximate surface area is 123 Å². The van der Waals surface area contributed by atoms with E-state index >= 15 is 0 Å². The summed E-state index contributed by atoms with van der Waals surface area (Å²) < 4.78 is 0. The van der Waals surface area contributed by atoms with Gasteiger partial charge in [-0.3, -0.25) is 4.79 Å². The molecule has 20 heavy (non-hydrogen) atoms. The number of carbonyl (C=O) groups excluding carboxylic acids is 1. The van der Waals surface area contributed by atoms with Crippen molar-refractivity contribution < 1.29 is 14.7 Å². The Morgan fingerprint density at radius 3 is 2.70 bits per heavy atom. The molecule has 2 atom stereocenters. The van der Waals surface area contributed by atoms with Crippen LogP contribution in [0, 0.1) is 5.92 Å². The second-order valence-electron chi connectivity index (χ2n) is 5.03. The Balaban J connectivity index is 2.36. The number of carbonyl (C=O) groups is 2. The van der Waals surface area contributed by atoms with Gasteiger partial charge in [0.05, 0.1) is 6.04 Å². The molecule has 6 heteroatoms. The topological polar surface area (TPSA) is 69.6 Å². The van der Waals surface area contributed by atoms with E-state index in [0.717, 1.165) is 4.88 Å². The third-order valence-corrected chi connectivity index (χ3v) is 4.35. The minimum absolute atomic E-state index is 0.0318. The molecule has 0 saturated carbocycles. The van der Waals surface area contributed by atoms with Crippen LogP contribution in [-0.2, 0) is 4.79 Å². The molecule has 0 saturated heterocycles. The maximum absolute atomic E-state index is 12.0. The molecule has 0 aliphatic heterocycles. The quantitative estimate of drug-likeness (QED) is 0.813. The van der Waals surface area contributed by atoms with Crippen molar-refractivity contribution in [2.45, 2.75) is 32.7 Å². The minimum Gasteiger partial charge on any atom is -0.481 e. The van der Waals surface area contributed by atoms with Crippen molar-refractivity contribution in [1.29, 1.82) is 0 Å². The van der Waals surface area contributed by atoms with Crippen LogP contribution in [0.4, 0.5) is 4.79 Å². The average molecular weight is 298 g/mol. The molecule has 112 valence electrons. The number of hydrogen-bond donors (Lipinski definition) is 2. The second kappa shape index (κ2) is 7.89. The number of carboxylic acids is 1. The normalized spacial score (nSPS) is 13.6. The zero-order valence-corrected chi connectivity index (χ0v) is 12.9. The van der Waals surface area contributed by atoms with Crippen molar-refractivity contribution in [3.63, 3.8) is 0 Å². The lowest BCUT2D eigenvalue weighted by Gasteiger charge is -2.25. The standard InChI is InChI=1S/C14H22N2O3S/c1-10(6-7-13(17)18)9-15-14(19)16(3)11(2)12-5-4-8-20-12/h4-5,8,10-11H,6-7,9H2,1-3H3,(H,15,19)(H,17,18). The van der Waals surface area contributed by atoms with Crippen LogP contribution in [0.2, 0.25) is 0 Å². The van der Waals surface area contributed by atoms with Crippen LogP contribution in [0.25, 0.3) is 0 Å². The smallest absolute Gasteiger partial charge is 0.317 e. The van der Waals surface area contributed by atoms with Crippen LogP contribution < -0.4 is 5.32 Å². The lowest BCUT2D eigenvalue weighted by atomic mass is 10.1. The van der Waals surface area contributed by atoms with Crippen LogP contribution in [0.1, 0.15) is 37.6 Å². The predicted octanol–water partition coefficient (Wildman–Crippen LogP) is 2.95. The highest BCUT2D eigenvalue weighted by molar-refractivity contribution is 7.10. The summed E-state index contributed by atoms with van der Waals surface area (Å²) in [5, 5.41) is 13.5. The number of hydrogen-bond acceptors (Lipinski definition) is 3. The molecule has 0 aliphatic rings. The van der Waals surface area contributed by atoms with E-state index in [2.05, 4.69) is 5.32 Å². The maximum atomic E-state index is 12.0. The van der Waals surface area contributed by atoms with Gasteiger partial charge in [-0.1, -0.05) is 13.0 Å². The molecule has 2 amide bonds. The molecule has 1 aromatic rings. The third kappa shape index (κ3) is 5.21. The zero-order valence-electron chi connectivity index (χ0n) is 12.1. The summed E-state index contributed by atoms with van der Waals surface area (Å²) in [6.07, 6.45) is 0.707. The van der Waals surface area contributed by atoms with Gasteiger partial charge in [-0.15, -0.1) is 11.3 Å². The van der Waals surface area contributed by atoms with Crippen LogP contribution in [-0.4, -0.2) is 35.6 Å². The molecule has 0 spiro atoms. The van der Waals surface area contributed by atoms with E-state index < -0.39 is 5.97 Å². The molecular weight excluding hydrogens is 276 g/mol. The summed E-state index contributed by atoms with van der Waals surface area (Å²) in [4.78, 5) is 25.3. The van der Waals surface area contributed by atoms with E-state index in [1.165, 1.54) is 0 Å². The Hall–Kier alpha value is -1.56. The SMILES string of the molecule is CC(CCC(=O)O)CNC(=O)N(C)C(C)c1cccs1. The van der Waals surface area contributed by atoms with Crippen molar-refractivity contribution in [3.05, 3.63) is 22.4 Å². The van der Waals surface area contributed by atoms with Gasteiger partial charge >= 0.3 is 12.0 Å². The van der Waals surface area contributed by atoms with Gasteiger partial charge in [0.1, 0.15) is 0 Å². The van der Waals surface area contributed by atoms with Gasteiger partial charge in [-0.05, 0) is 30.7 Å². The first-order chi connectivity index (χ1) is 9.41. The first-order valence-corrected chi connectivity index (χ1v) is 7.55. The number of amides is 2. The molecule has 0 bridgehead atoms. The summed E-state index contributed by atoms with van der Waals surface area (Å²) >= 11 is 1.63. The molecular formula is C14H22N2O3S. The number of carboxylic acid groups (broad SMARTS) is 1. The first kappa shape index (κ1) is 16.5. The van der Waals surface area contributed by atoms with Crippen molar-refractivity contribution in [3.8, 4) is 0 Å². The third-order valence-electron chi connectivity index (χ3n) is 3.31. The van der Waals surface area contributed by atoms with E-state index in [1.54, 1.807) is 23.3 Å². The number of nitrogens with one attached hydrogen (secondary N) is 1. The number of nitrogens with zero attached hydrogens (tertiary/aromatic N) is 1. The molecule has 1 heterocycles. The Kier molecular flexibility index (Phi) is 6.51. The lowest BCUT2D eigenvalue weighted by Crippen LogP contribution is -2.40. The fourth-order valence-corrected chi connectivity index (χ4v) is 2.58. The highest BCUT2D eigenvalue weighted by Gasteiger charge is 2.18. The molecule has 1 aromatic heterocycles. The summed E-state index contributed by atoms with van der Waals surface area (Å²) in [7, 11) is 1.77. The Morgan fingerprint density at radius 2 is 2.15 bits per heavy atom. The highest BCUT2D eigenvalue weighted by Crippen LogP contribution is 2.23. The molecule has 2 N–H and O–H groups in total. The Bertz CT molecular complexity index is 434. The number of rotatable bonds is 7. The van der Waals surface area contributed by atoms with Crippen LogP contribution in [0.3, 0.4) is 0 Å². The maximum Gasteiger partial charge on any atom is 0.317 e.